The highest BCUT2D eigenvalue weighted by molar-refractivity contribution is 6.08. The van der Waals surface area contributed by atoms with Crippen LogP contribution in [0.15, 0.2) is 48.7 Å². The Bertz CT molecular complexity index is 906. The summed E-state index contributed by atoms with van der Waals surface area (Å²) >= 11 is 0. The normalized spacial score (nSPS) is 11.2. The first-order valence-electron chi connectivity index (χ1n) is 8.79. The van der Waals surface area contributed by atoms with Crippen LogP contribution in [0.2, 0.25) is 0 Å². The number of nitrogens with zero attached hydrogens (tertiary/aromatic N) is 1. The lowest BCUT2D eigenvalue weighted by atomic mass is 10.0. The molecule has 0 unspecified atom stereocenters. The van der Waals surface area contributed by atoms with Gasteiger partial charge in [-0.1, -0.05) is 44.2 Å². The lowest BCUT2D eigenvalue weighted by Crippen LogP contribution is -2.09. The first-order valence-corrected chi connectivity index (χ1v) is 8.79. The van der Waals surface area contributed by atoms with Gasteiger partial charge in [-0.3, -0.25) is 4.79 Å². The zero-order valence-corrected chi connectivity index (χ0v) is 15.4. The Morgan fingerprint density at radius 1 is 1.12 bits per heavy atom. The molecule has 0 saturated carbocycles. The van der Waals surface area contributed by atoms with E-state index in [0.717, 1.165) is 27.8 Å². The number of fused-ring (bicyclic) bond motifs is 1. The molecule has 0 N–H and O–H groups in total. The molecule has 0 saturated heterocycles. The van der Waals surface area contributed by atoms with Gasteiger partial charge in [0.15, 0.2) is 5.78 Å². The molecule has 0 bridgehead atoms. The monoisotopic (exact) mass is 335 g/mol. The van der Waals surface area contributed by atoms with Crippen LogP contribution < -0.4 is 4.74 Å². The molecule has 0 fully saturated rings. The maximum Gasteiger partial charge on any atom is 0.167 e. The largest absolute Gasteiger partial charge is 0.491 e. The van der Waals surface area contributed by atoms with Gasteiger partial charge in [0.25, 0.3) is 0 Å². The summed E-state index contributed by atoms with van der Waals surface area (Å²) in [4.78, 5) is 12.5. The molecule has 25 heavy (non-hydrogen) atoms. The molecular formula is C22H25NO2. The van der Waals surface area contributed by atoms with E-state index in [4.69, 9.17) is 4.74 Å². The third-order valence-electron chi connectivity index (χ3n) is 4.51. The Morgan fingerprint density at radius 2 is 1.88 bits per heavy atom. The van der Waals surface area contributed by atoms with Crippen molar-refractivity contribution in [2.45, 2.75) is 34.2 Å². The van der Waals surface area contributed by atoms with E-state index >= 15 is 0 Å². The van der Waals surface area contributed by atoms with Crippen molar-refractivity contribution in [3.8, 4) is 5.75 Å². The van der Waals surface area contributed by atoms with Gasteiger partial charge in [-0.15, -0.1) is 0 Å². The minimum Gasteiger partial charge on any atom is -0.491 e. The maximum atomic E-state index is 12.5. The highest BCUT2D eigenvalue weighted by Crippen LogP contribution is 2.24. The summed E-state index contributed by atoms with van der Waals surface area (Å²) in [5.74, 6) is 1.10. The Labute approximate surface area is 149 Å². The van der Waals surface area contributed by atoms with Gasteiger partial charge in [0.05, 0.1) is 6.54 Å². The molecule has 130 valence electrons. The molecular weight excluding hydrogens is 310 g/mol. The van der Waals surface area contributed by atoms with Crippen molar-refractivity contribution in [2.24, 2.45) is 5.92 Å². The standard InChI is InChI=1S/C22H25NO2/c1-15(2)22(24)19-14-23(20-8-6-5-7-18(19)20)11-12-25-21-13-16(3)9-10-17(21)4/h5-10,13-15H,11-12H2,1-4H3. The van der Waals surface area contributed by atoms with Crippen LogP contribution in [0.25, 0.3) is 10.9 Å². The second kappa shape index (κ2) is 7.14. The van der Waals surface area contributed by atoms with Gasteiger partial charge in [-0.2, -0.15) is 0 Å². The number of hydrogen-bond donors (Lipinski definition) is 0. The maximum absolute atomic E-state index is 12.5. The van der Waals surface area contributed by atoms with Crippen LogP contribution in [-0.2, 0) is 6.54 Å². The molecule has 1 aromatic heterocycles. The number of para-hydroxylation sites is 1. The third kappa shape index (κ3) is 3.60. The lowest BCUT2D eigenvalue weighted by molar-refractivity contribution is 0.0941. The fourth-order valence-electron chi connectivity index (χ4n) is 3.06. The molecule has 3 rings (SSSR count). The Morgan fingerprint density at radius 3 is 2.64 bits per heavy atom. The summed E-state index contributed by atoms with van der Waals surface area (Å²) < 4.78 is 8.10. The average Bonchev–Trinajstić information content (AvgIpc) is 2.96. The molecule has 3 heteroatoms. The van der Waals surface area contributed by atoms with Gasteiger partial charge in [0.2, 0.25) is 0 Å². The Hall–Kier alpha value is -2.55. The van der Waals surface area contributed by atoms with Crippen molar-refractivity contribution in [3.63, 3.8) is 0 Å². The summed E-state index contributed by atoms with van der Waals surface area (Å²) in [7, 11) is 0. The van der Waals surface area contributed by atoms with Crippen LogP contribution in [0.4, 0.5) is 0 Å². The molecule has 0 atom stereocenters. The summed E-state index contributed by atoms with van der Waals surface area (Å²) in [5, 5.41) is 1.02. The van der Waals surface area contributed by atoms with Gasteiger partial charge in [0, 0.05) is 28.6 Å². The lowest BCUT2D eigenvalue weighted by Gasteiger charge is -2.11. The molecule has 2 aromatic carbocycles. The number of carbonyl (C=O) groups excluding carboxylic acids is 1. The average molecular weight is 335 g/mol. The van der Waals surface area contributed by atoms with Crippen molar-refractivity contribution >= 4 is 16.7 Å². The van der Waals surface area contributed by atoms with Crippen LogP contribution in [-0.4, -0.2) is 17.0 Å². The van der Waals surface area contributed by atoms with Crippen LogP contribution >= 0.6 is 0 Å². The molecule has 0 aliphatic heterocycles. The number of aryl methyl sites for hydroxylation is 2. The van der Waals surface area contributed by atoms with E-state index in [9.17, 15) is 4.79 Å². The van der Waals surface area contributed by atoms with Crippen molar-refractivity contribution in [1.82, 2.24) is 4.57 Å². The fourth-order valence-corrected chi connectivity index (χ4v) is 3.06. The minimum atomic E-state index is -0.00884. The summed E-state index contributed by atoms with van der Waals surface area (Å²) in [6.45, 7) is 9.28. The van der Waals surface area contributed by atoms with E-state index in [0.29, 0.717) is 13.2 Å². The minimum absolute atomic E-state index is 0.00884. The van der Waals surface area contributed by atoms with Crippen LogP contribution in [0.3, 0.4) is 0 Å². The number of hydrogen-bond acceptors (Lipinski definition) is 2. The summed E-state index contributed by atoms with van der Waals surface area (Å²) in [5.41, 5.74) is 4.21. The van der Waals surface area contributed by atoms with Gasteiger partial charge in [0.1, 0.15) is 12.4 Å². The first-order chi connectivity index (χ1) is 12.0. The van der Waals surface area contributed by atoms with Crippen molar-refractivity contribution in [2.75, 3.05) is 6.61 Å². The number of Topliss-reactive ketones (excluding diaryl/α,β-unsaturated/α-hetero) is 1. The van der Waals surface area contributed by atoms with E-state index in [1.807, 2.05) is 38.2 Å². The molecule has 0 radical (unpaired) electrons. The molecule has 0 spiro atoms. The fraction of sp³-hybridized carbons (Fsp3) is 0.318. The SMILES string of the molecule is Cc1ccc(C)c(OCCn2cc(C(=O)C(C)C)c3ccccc32)c1. The van der Waals surface area contributed by atoms with Crippen LogP contribution in [0.1, 0.15) is 35.3 Å². The van der Waals surface area contributed by atoms with E-state index < -0.39 is 0 Å². The van der Waals surface area contributed by atoms with E-state index in [-0.39, 0.29) is 11.7 Å². The van der Waals surface area contributed by atoms with Gasteiger partial charge >= 0.3 is 0 Å². The number of ether oxygens (including phenoxy) is 1. The predicted molar refractivity (Wildman–Crippen MR) is 103 cm³/mol. The predicted octanol–water partition coefficient (Wildman–Crippen LogP) is 5.18. The Kier molecular flexibility index (Phi) is 4.93. The second-order valence-electron chi connectivity index (χ2n) is 6.89. The van der Waals surface area contributed by atoms with Crippen molar-refractivity contribution < 1.29 is 9.53 Å². The summed E-state index contributed by atoms with van der Waals surface area (Å²) in [6.07, 6.45) is 1.97. The molecule has 0 aliphatic rings. The highest BCUT2D eigenvalue weighted by atomic mass is 16.5. The van der Waals surface area contributed by atoms with Crippen molar-refractivity contribution in [3.05, 3.63) is 65.4 Å². The second-order valence-corrected chi connectivity index (χ2v) is 6.89. The zero-order valence-electron chi connectivity index (χ0n) is 15.4. The van der Waals surface area contributed by atoms with Crippen LogP contribution in [0, 0.1) is 19.8 Å². The number of ketones is 1. The Balaban J connectivity index is 1.82. The van der Waals surface area contributed by atoms with Crippen molar-refractivity contribution in [1.29, 1.82) is 0 Å². The number of aromatic nitrogens is 1. The number of benzene rings is 2. The van der Waals surface area contributed by atoms with Crippen LogP contribution in [0.5, 0.6) is 5.75 Å². The van der Waals surface area contributed by atoms with Gasteiger partial charge in [-0.25, -0.2) is 0 Å². The first kappa shape index (κ1) is 17.3. The molecule has 1 heterocycles. The van der Waals surface area contributed by atoms with Gasteiger partial charge < -0.3 is 9.30 Å². The zero-order chi connectivity index (χ0) is 18.0. The third-order valence-corrected chi connectivity index (χ3v) is 4.51. The highest BCUT2D eigenvalue weighted by Gasteiger charge is 2.17. The van der Waals surface area contributed by atoms with E-state index in [2.05, 4.69) is 42.7 Å². The molecule has 3 nitrogen and oxygen atoms in total. The summed E-state index contributed by atoms with van der Waals surface area (Å²) in [6, 6.07) is 14.3. The topological polar surface area (TPSA) is 31.2 Å². The number of carbonyl (C=O) groups is 1. The smallest absolute Gasteiger partial charge is 0.167 e. The van der Waals surface area contributed by atoms with E-state index in [1.165, 1.54) is 5.56 Å². The van der Waals surface area contributed by atoms with Gasteiger partial charge in [-0.05, 0) is 37.1 Å². The molecule has 3 aromatic rings. The number of rotatable bonds is 6. The molecule has 0 aliphatic carbocycles. The van der Waals surface area contributed by atoms with E-state index in [1.54, 1.807) is 0 Å². The quantitative estimate of drug-likeness (QED) is 0.582. The molecule has 0 amide bonds.